The van der Waals surface area contributed by atoms with E-state index in [4.69, 9.17) is 4.42 Å². The molecule has 0 N–H and O–H groups in total. The van der Waals surface area contributed by atoms with Crippen LogP contribution in [-0.2, 0) is 29.7 Å². The molecule has 1 atom stereocenters. The first kappa shape index (κ1) is 17.3. The van der Waals surface area contributed by atoms with Crippen LogP contribution in [0.4, 0.5) is 0 Å². The SMILES string of the molecule is Cc1nn(C)c(C)c1CN(C)C(=O)[C@H]1CCC(=O)N1Cc1ccco1. The molecule has 0 saturated carbocycles. The summed E-state index contributed by atoms with van der Waals surface area (Å²) in [7, 11) is 3.68. The fourth-order valence-electron chi connectivity index (χ4n) is 3.37. The predicted molar refractivity (Wildman–Crippen MR) is 91.4 cm³/mol. The number of carbonyl (C=O) groups excluding carboxylic acids is 2. The van der Waals surface area contributed by atoms with E-state index in [0.717, 1.165) is 17.0 Å². The van der Waals surface area contributed by atoms with E-state index in [2.05, 4.69) is 5.10 Å². The Morgan fingerprint density at radius 3 is 2.80 bits per heavy atom. The third-order valence-corrected chi connectivity index (χ3v) is 4.95. The second kappa shape index (κ2) is 6.74. The van der Waals surface area contributed by atoms with E-state index in [9.17, 15) is 9.59 Å². The number of likely N-dealkylation sites (tertiary alicyclic amines) is 1. The number of hydrogen-bond acceptors (Lipinski definition) is 4. The summed E-state index contributed by atoms with van der Waals surface area (Å²) in [4.78, 5) is 28.5. The van der Waals surface area contributed by atoms with Crippen molar-refractivity contribution in [3.63, 3.8) is 0 Å². The first-order valence-corrected chi connectivity index (χ1v) is 8.44. The first-order chi connectivity index (χ1) is 11.9. The highest BCUT2D eigenvalue weighted by Gasteiger charge is 2.38. The molecule has 7 heteroatoms. The molecule has 134 valence electrons. The Labute approximate surface area is 147 Å². The van der Waals surface area contributed by atoms with E-state index in [0.29, 0.717) is 31.7 Å². The zero-order valence-electron chi connectivity index (χ0n) is 15.2. The lowest BCUT2D eigenvalue weighted by Gasteiger charge is -2.27. The molecule has 0 radical (unpaired) electrons. The molecule has 2 amide bonds. The molecule has 25 heavy (non-hydrogen) atoms. The van der Waals surface area contributed by atoms with Crippen molar-refractivity contribution in [2.75, 3.05) is 7.05 Å². The van der Waals surface area contributed by atoms with E-state index in [1.807, 2.05) is 31.6 Å². The Hall–Kier alpha value is -2.57. The molecule has 2 aromatic rings. The topological polar surface area (TPSA) is 71.6 Å². The normalized spacial score (nSPS) is 17.4. The Balaban J connectivity index is 1.73. The van der Waals surface area contributed by atoms with Gasteiger partial charge >= 0.3 is 0 Å². The van der Waals surface area contributed by atoms with Gasteiger partial charge in [0.1, 0.15) is 11.8 Å². The van der Waals surface area contributed by atoms with E-state index < -0.39 is 6.04 Å². The van der Waals surface area contributed by atoms with Crippen LogP contribution in [0.2, 0.25) is 0 Å². The fraction of sp³-hybridized carbons (Fsp3) is 0.500. The van der Waals surface area contributed by atoms with Crippen LogP contribution in [0.25, 0.3) is 0 Å². The molecule has 0 spiro atoms. The zero-order valence-corrected chi connectivity index (χ0v) is 15.2. The molecule has 0 aromatic carbocycles. The zero-order chi connectivity index (χ0) is 18.1. The van der Waals surface area contributed by atoms with Gasteiger partial charge in [0.2, 0.25) is 11.8 Å². The minimum Gasteiger partial charge on any atom is -0.467 e. The predicted octanol–water partition coefficient (Wildman–Crippen LogP) is 1.78. The monoisotopic (exact) mass is 344 g/mol. The average Bonchev–Trinajstić information content (AvgIpc) is 3.26. The van der Waals surface area contributed by atoms with Crippen LogP contribution in [0.5, 0.6) is 0 Å². The summed E-state index contributed by atoms with van der Waals surface area (Å²) in [5, 5.41) is 4.40. The number of rotatable bonds is 5. The Bertz CT molecular complexity index is 779. The van der Waals surface area contributed by atoms with Gasteiger partial charge in [-0.2, -0.15) is 5.10 Å². The third-order valence-electron chi connectivity index (χ3n) is 4.95. The molecule has 1 saturated heterocycles. The molecule has 0 unspecified atom stereocenters. The Kier molecular flexibility index (Phi) is 4.65. The molecule has 1 aliphatic rings. The maximum atomic E-state index is 12.9. The van der Waals surface area contributed by atoms with Gasteiger partial charge in [0.15, 0.2) is 0 Å². The van der Waals surface area contributed by atoms with Crippen LogP contribution in [0, 0.1) is 13.8 Å². The number of furan rings is 1. The van der Waals surface area contributed by atoms with Gasteiger partial charge in [0.05, 0.1) is 18.5 Å². The number of aromatic nitrogens is 2. The van der Waals surface area contributed by atoms with Gasteiger partial charge < -0.3 is 14.2 Å². The number of nitrogens with zero attached hydrogens (tertiary/aromatic N) is 4. The van der Waals surface area contributed by atoms with Crippen molar-refractivity contribution >= 4 is 11.8 Å². The lowest BCUT2D eigenvalue weighted by molar-refractivity contribution is -0.141. The van der Waals surface area contributed by atoms with Crippen LogP contribution in [-0.4, -0.2) is 44.5 Å². The van der Waals surface area contributed by atoms with Gasteiger partial charge in [0, 0.05) is 38.3 Å². The van der Waals surface area contributed by atoms with Crippen LogP contribution in [0.3, 0.4) is 0 Å². The van der Waals surface area contributed by atoms with E-state index in [1.54, 1.807) is 29.2 Å². The van der Waals surface area contributed by atoms with Crippen molar-refractivity contribution in [3.05, 3.63) is 41.1 Å². The minimum atomic E-state index is -0.431. The molecule has 0 bridgehead atoms. The van der Waals surface area contributed by atoms with Crippen molar-refractivity contribution < 1.29 is 14.0 Å². The molecule has 0 aliphatic carbocycles. The van der Waals surface area contributed by atoms with Gasteiger partial charge in [-0.25, -0.2) is 0 Å². The summed E-state index contributed by atoms with van der Waals surface area (Å²) in [5.74, 6) is 0.645. The maximum absolute atomic E-state index is 12.9. The van der Waals surface area contributed by atoms with Gasteiger partial charge in [-0.1, -0.05) is 0 Å². The van der Waals surface area contributed by atoms with Gasteiger partial charge in [-0.3, -0.25) is 14.3 Å². The van der Waals surface area contributed by atoms with Crippen molar-refractivity contribution in [1.82, 2.24) is 19.6 Å². The average molecular weight is 344 g/mol. The highest BCUT2D eigenvalue weighted by Crippen LogP contribution is 2.24. The van der Waals surface area contributed by atoms with E-state index in [1.165, 1.54) is 0 Å². The number of hydrogen-bond donors (Lipinski definition) is 0. The first-order valence-electron chi connectivity index (χ1n) is 8.44. The molecular formula is C18H24N4O3. The number of amides is 2. The van der Waals surface area contributed by atoms with Crippen LogP contribution < -0.4 is 0 Å². The van der Waals surface area contributed by atoms with Crippen LogP contribution >= 0.6 is 0 Å². The fourth-order valence-corrected chi connectivity index (χ4v) is 3.37. The summed E-state index contributed by atoms with van der Waals surface area (Å²) in [6.45, 7) is 4.77. The Morgan fingerprint density at radius 2 is 2.20 bits per heavy atom. The quantitative estimate of drug-likeness (QED) is 0.829. The molecule has 1 fully saturated rings. The second-order valence-electron chi connectivity index (χ2n) is 6.62. The number of likely N-dealkylation sites (N-methyl/N-ethyl adjacent to an activating group) is 1. The molecule has 2 aromatic heterocycles. The van der Waals surface area contributed by atoms with Crippen molar-refractivity contribution in [2.45, 2.75) is 45.8 Å². The maximum Gasteiger partial charge on any atom is 0.245 e. The molecule has 3 heterocycles. The van der Waals surface area contributed by atoms with Gasteiger partial charge in [-0.05, 0) is 32.4 Å². The Morgan fingerprint density at radius 1 is 1.44 bits per heavy atom. The van der Waals surface area contributed by atoms with Crippen LogP contribution in [0.15, 0.2) is 22.8 Å². The molecule has 3 rings (SSSR count). The largest absolute Gasteiger partial charge is 0.467 e. The molecular weight excluding hydrogens is 320 g/mol. The highest BCUT2D eigenvalue weighted by molar-refractivity contribution is 5.90. The van der Waals surface area contributed by atoms with Crippen LogP contribution in [0.1, 0.15) is 35.6 Å². The summed E-state index contributed by atoms with van der Waals surface area (Å²) in [5.41, 5.74) is 3.03. The second-order valence-corrected chi connectivity index (χ2v) is 6.62. The number of carbonyl (C=O) groups is 2. The molecule has 7 nitrogen and oxygen atoms in total. The van der Waals surface area contributed by atoms with Crippen molar-refractivity contribution in [3.8, 4) is 0 Å². The van der Waals surface area contributed by atoms with Crippen molar-refractivity contribution in [1.29, 1.82) is 0 Å². The number of aryl methyl sites for hydroxylation is 2. The van der Waals surface area contributed by atoms with E-state index in [-0.39, 0.29) is 11.8 Å². The summed E-state index contributed by atoms with van der Waals surface area (Å²) in [6.07, 6.45) is 2.52. The lowest BCUT2D eigenvalue weighted by atomic mass is 10.1. The minimum absolute atomic E-state index is 0.00288. The van der Waals surface area contributed by atoms with Gasteiger partial charge in [-0.15, -0.1) is 0 Å². The van der Waals surface area contributed by atoms with Crippen molar-refractivity contribution in [2.24, 2.45) is 7.05 Å². The molecule has 1 aliphatic heterocycles. The highest BCUT2D eigenvalue weighted by atomic mass is 16.3. The lowest BCUT2D eigenvalue weighted by Crippen LogP contribution is -2.44. The summed E-state index contributed by atoms with van der Waals surface area (Å²) < 4.78 is 7.16. The van der Waals surface area contributed by atoms with E-state index >= 15 is 0 Å². The third kappa shape index (κ3) is 3.31. The smallest absolute Gasteiger partial charge is 0.245 e. The van der Waals surface area contributed by atoms with Gasteiger partial charge in [0.25, 0.3) is 0 Å². The standard InChI is InChI=1S/C18H24N4O3/c1-12-15(13(2)21(4)19-12)11-20(3)18(24)16-7-8-17(23)22(16)10-14-6-5-9-25-14/h5-6,9,16H,7-8,10-11H2,1-4H3/t16-/m1/s1. The summed E-state index contributed by atoms with van der Waals surface area (Å²) >= 11 is 0. The summed E-state index contributed by atoms with van der Waals surface area (Å²) in [6, 6.07) is 3.17.